The third-order valence-corrected chi connectivity index (χ3v) is 5.34. The minimum atomic E-state index is -0.0987. The van der Waals surface area contributed by atoms with Crippen molar-refractivity contribution in [1.29, 1.82) is 0 Å². The van der Waals surface area contributed by atoms with Crippen molar-refractivity contribution in [2.45, 2.75) is 33.1 Å². The number of likely N-dealkylation sites (tertiary alicyclic amines) is 2. The number of fused-ring (bicyclic) bond motifs is 1. The van der Waals surface area contributed by atoms with Crippen LogP contribution in [-0.4, -0.2) is 65.4 Å². The summed E-state index contributed by atoms with van der Waals surface area (Å²) in [5, 5.41) is 6.56. The molecule has 0 unspecified atom stereocenters. The Morgan fingerprint density at radius 1 is 1.31 bits per heavy atom. The summed E-state index contributed by atoms with van der Waals surface area (Å²) in [6.45, 7) is 6.23. The van der Waals surface area contributed by atoms with Crippen LogP contribution in [-0.2, 0) is 9.59 Å². The molecule has 0 saturated carbocycles. The van der Waals surface area contributed by atoms with E-state index in [9.17, 15) is 14.4 Å². The summed E-state index contributed by atoms with van der Waals surface area (Å²) in [7, 11) is 0. The topological polar surface area (TPSA) is 95.8 Å². The summed E-state index contributed by atoms with van der Waals surface area (Å²) in [4.78, 5) is 39.7. The molecule has 2 aliphatic rings. The number of rotatable bonds is 4. The summed E-state index contributed by atoms with van der Waals surface area (Å²) in [5.74, 6) is 1.22. The summed E-state index contributed by atoms with van der Waals surface area (Å²) in [6, 6.07) is 1.66. The van der Waals surface area contributed by atoms with Crippen LogP contribution >= 0.6 is 0 Å². The highest BCUT2D eigenvalue weighted by molar-refractivity contribution is 5.92. The number of carbonyl (C=O) groups excluding carboxylic acids is 3. The highest BCUT2D eigenvalue weighted by atomic mass is 16.5. The van der Waals surface area contributed by atoms with Gasteiger partial charge in [-0.25, -0.2) is 0 Å². The molecule has 1 N–H and O–H groups in total. The van der Waals surface area contributed by atoms with Gasteiger partial charge in [0.25, 0.3) is 5.91 Å². The Morgan fingerprint density at radius 2 is 2.08 bits per heavy atom. The van der Waals surface area contributed by atoms with Gasteiger partial charge in [-0.15, -0.1) is 0 Å². The Kier molecular flexibility index (Phi) is 5.58. The number of aromatic nitrogens is 1. The van der Waals surface area contributed by atoms with Crippen molar-refractivity contribution < 1.29 is 18.9 Å². The molecule has 1 aromatic rings. The van der Waals surface area contributed by atoms with Gasteiger partial charge in [-0.2, -0.15) is 0 Å². The number of carbonyl (C=O) groups is 3. The molecule has 26 heavy (non-hydrogen) atoms. The van der Waals surface area contributed by atoms with Crippen LogP contribution in [0.5, 0.6) is 0 Å². The van der Waals surface area contributed by atoms with Gasteiger partial charge >= 0.3 is 0 Å². The molecule has 2 aliphatic heterocycles. The molecule has 3 rings (SSSR count). The Hall–Kier alpha value is -2.38. The first-order chi connectivity index (χ1) is 12.4. The monoisotopic (exact) mass is 362 g/mol. The molecule has 8 nitrogen and oxygen atoms in total. The van der Waals surface area contributed by atoms with E-state index in [2.05, 4.69) is 10.5 Å². The molecule has 2 saturated heterocycles. The summed E-state index contributed by atoms with van der Waals surface area (Å²) in [6.07, 6.45) is 2.23. The summed E-state index contributed by atoms with van der Waals surface area (Å²) >= 11 is 0. The van der Waals surface area contributed by atoms with E-state index >= 15 is 0 Å². The lowest BCUT2D eigenvalue weighted by molar-refractivity contribution is -0.132. The first-order valence-corrected chi connectivity index (χ1v) is 9.19. The van der Waals surface area contributed by atoms with Gasteiger partial charge in [-0.1, -0.05) is 5.16 Å². The fourth-order valence-electron chi connectivity index (χ4n) is 3.89. The average molecular weight is 362 g/mol. The quantitative estimate of drug-likeness (QED) is 0.855. The molecule has 2 fully saturated rings. The van der Waals surface area contributed by atoms with E-state index in [1.807, 2.05) is 9.80 Å². The molecule has 0 bridgehead atoms. The number of nitrogens with one attached hydrogen (secondary N) is 1. The van der Waals surface area contributed by atoms with Gasteiger partial charge in [-0.3, -0.25) is 14.4 Å². The van der Waals surface area contributed by atoms with Gasteiger partial charge in [0.1, 0.15) is 5.76 Å². The Morgan fingerprint density at radius 3 is 2.77 bits per heavy atom. The van der Waals surface area contributed by atoms with E-state index < -0.39 is 0 Å². The minimum Gasteiger partial charge on any atom is -0.361 e. The largest absolute Gasteiger partial charge is 0.361 e. The lowest BCUT2D eigenvalue weighted by atomic mass is 9.82. The van der Waals surface area contributed by atoms with E-state index in [1.54, 1.807) is 13.0 Å². The predicted octanol–water partition coefficient (Wildman–Crippen LogP) is 0.820. The van der Waals surface area contributed by atoms with Crippen LogP contribution in [0.2, 0.25) is 0 Å². The molecule has 142 valence electrons. The van der Waals surface area contributed by atoms with Crippen molar-refractivity contribution >= 4 is 17.7 Å². The van der Waals surface area contributed by atoms with E-state index in [4.69, 9.17) is 4.52 Å². The third-order valence-electron chi connectivity index (χ3n) is 5.34. The Balaban J connectivity index is 1.58. The van der Waals surface area contributed by atoms with Crippen LogP contribution in [0.4, 0.5) is 0 Å². The number of amides is 3. The molecule has 1 aromatic heterocycles. The zero-order valence-corrected chi connectivity index (χ0v) is 15.4. The second kappa shape index (κ2) is 7.88. The second-order valence-corrected chi connectivity index (χ2v) is 7.24. The SMILES string of the molecule is CC(=O)NCCN1CC[C@H]2CN(C(=O)c3cc(C)on3)CC[C@@H]2CC1=O. The van der Waals surface area contributed by atoms with Crippen molar-refractivity contribution in [1.82, 2.24) is 20.3 Å². The Labute approximate surface area is 152 Å². The van der Waals surface area contributed by atoms with Gasteiger partial charge in [-0.05, 0) is 31.6 Å². The summed E-state index contributed by atoms with van der Waals surface area (Å²) in [5.41, 5.74) is 0.350. The van der Waals surface area contributed by atoms with Crippen molar-refractivity contribution in [3.8, 4) is 0 Å². The molecule has 3 heterocycles. The number of aryl methyl sites for hydroxylation is 1. The van der Waals surface area contributed by atoms with E-state index in [1.165, 1.54) is 6.92 Å². The maximum absolute atomic E-state index is 12.6. The van der Waals surface area contributed by atoms with Crippen molar-refractivity contribution in [2.75, 3.05) is 32.7 Å². The van der Waals surface area contributed by atoms with Crippen LogP contribution in [0, 0.1) is 18.8 Å². The first-order valence-electron chi connectivity index (χ1n) is 9.19. The fourth-order valence-corrected chi connectivity index (χ4v) is 3.89. The van der Waals surface area contributed by atoms with Crippen molar-refractivity contribution in [2.24, 2.45) is 11.8 Å². The van der Waals surface area contributed by atoms with Crippen LogP contribution < -0.4 is 5.32 Å². The maximum Gasteiger partial charge on any atom is 0.276 e. The normalized spacial score (nSPS) is 23.4. The van der Waals surface area contributed by atoms with Crippen molar-refractivity contribution in [3.05, 3.63) is 17.5 Å². The van der Waals surface area contributed by atoms with Crippen LogP contribution in [0.15, 0.2) is 10.6 Å². The molecule has 8 heteroatoms. The third kappa shape index (κ3) is 4.23. The number of hydrogen-bond acceptors (Lipinski definition) is 5. The van der Waals surface area contributed by atoms with Crippen LogP contribution in [0.3, 0.4) is 0 Å². The van der Waals surface area contributed by atoms with Crippen LogP contribution in [0.1, 0.15) is 42.4 Å². The zero-order valence-electron chi connectivity index (χ0n) is 15.4. The predicted molar refractivity (Wildman–Crippen MR) is 93.2 cm³/mol. The maximum atomic E-state index is 12.6. The van der Waals surface area contributed by atoms with E-state index in [0.717, 1.165) is 12.8 Å². The standard InChI is InChI=1S/C18H26N4O4/c1-12-9-16(20-26-12)18(25)22-7-3-14-10-17(24)21(6-4-15(14)11-22)8-5-19-13(2)23/h9,14-15H,3-8,10-11H2,1-2H3,(H,19,23)/t14-,15+/m1/s1. The lowest BCUT2D eigenvalue weighted by Crippen LogP contribution is -2.44. The first kappa shape index (κ1) is 18.4. The van der Waals surface area contributed by atoms with E-state index in [0.29, 0.717) is 62.4 Å². The molecule has 0 aliphatic carbocycles. The molecule has 0 radical (unpaired) electrons. The highest BCUT2D eigenvalue weighted by Crippen LogP contribution is 2.32. The zero-order chi connectivity index (χ0) is 18.7. The molecule has 0 aromatic carbocycles. The number of hydrogen-bond donors (Lipinski definition) is 1. The number of nitrogens with zero attached hydrogens (tertiary/aromatic N) is 3. The fraction of sp³-hybridized carbons (Fsp3) is 0.667. The molecule has 0 spiro atoms. The van der Waals surface area contributed by atoms with Gasteiger partial charge in [0.05, 0.1) is 0 Å². The summed E-state index contributed by atoms with van der Waals surface area (Å²) < 4.78 is 5.01. The Bertz CT molecular complexity index is 686. The minimum absolute atomic E-state index is 0.0850. The molecular weight excluding hydrogens is 336 g/mol. The molecule has 3 amide bonds. The van der Waals surface area contributed by atoms with Gasteiger partial charge in [0.15, 0.2) is 5.69 Å². The second-order valence-electron chi connectivity index (χ2n) is 7.24. The van der Waals surface area contributed by atoms with Gasteiger partial charge < -0.3 is 19.6 Å². The average Bonchev–Trinajstić information content (AvgIpc) is 2.97. The highest BCUT2D eigenvalue weighted by Gasteiger charge is 2.36. The lowest BCUT2D eigenvalue weighted by Gasteiger charge is -2.36. The van der Waals surface area contributed by atoms with Crippen LogP contribution in [0.25, 0.3) is 0 Å². The smallest absolute Gasteiger partial charge is 0.276 e. The van der Waals surface area contributed by atoms with Gasteiger partial charge in [0.2, 0.25) is 11.8 Å². The van der Waals surface area contributed by atoms with Crippen molar-refractivity contribution in [3.63, 3.8) is 0 Å². The van der Waals surface area contributed by atoms with E-state index in [-0.39, 0.29) is 17.7 Å². The van der Waals surface area contributed by atoms with Gasteiger partial charge in [0, 0.05) is 52.1 Å². The molecular formula is C18H26N4O4. The number of piperidine rings is 1. The molecule has 2 atom stereocenters.